The fourth-order valence-corrected chi connectivity index (χ4v) is 6.46. The van der Waals surface area contributed by atoms with Gasteiger partial charge in [-0.3, -0.25) is 4.79 Å². The highest BCUT2D eigenvalue weighted by Gasteiger charge is 2.65. The van der Waals surface area contributed by atoms with Crippen molar-refractivity contribution in [1.29, 1.82) is 0 Å². The lowest BCUT2D eigenvalue weighted by atomic mass is 9.97. The van der Waals surface area contributed by atoms with Crippen molar-refractivity contribution in [3.05, 3.63) is 65.7 Å². The molecule has 0 N–H and O–H groups in total. The van der Waals surface area contributed by atoms with Crippen LogP contribution in [0.15, 0.2) is 59.5 Å². The third-order valence-corrected chi connectivity index (χ3v) is 8.24. The summed E-state index contributed by atoms with van der Waals surface area (Å²) in [7, 11) is -4.11. The van der Waals surface area contributed by atoms with Crippen LogP contribution in [-0.2, 0) is 35.2 Å². The summed E-state index contributed by atoms with van der Waals surface area (Å²) < 4.78 is 35.3. The number of nitrogens with zero attached hydrogens (tertiary/aromatic N) is 1. The number of β-lactam (4-membered cyclic amide) rings is 1. The topological polar surface area (TPSA) is 90.0 Å². The molecule has 0 aromatic heterocycles. The van der Waals surface area contributed by atoms with Gasteiger partial charge in [0, 0.05) is 4.75 Å². The van der Waals surface area contributed by atoms with Gasteiger partial charge in [0.1, 0.15) is 18.0 Å². The van der Waals surface area contributed by atoms with E-state index in [0.717, 1.165) is 11.1 Å². The molecular formula is C22H23NO6S2. The molecule has 2 aromatic carbocycles. The minimum absolute atomic E-state index is 0.00886. The number of carbonyl (C=O) groups is 2. The molecule has 2 heterocycles. The van der Waals surface area contributed by atoms with Crippen molar-refractivity contribution in [2.75, 3.05) is 0 Å². The SMILES string of the molecule is Cc1ccc(S(=O)(=O)O[C@@H]2C(=O)N3[C@@H]2SC(C)(C)[C@@H]3C(=O)OCc2ccccc2)cc1. The minimum atomic E-state index is -4.11. The molecule has 2 aliphatic rings. The van der Waals surface area contributed by atoms with Crippen molar-refractivity contribution in [2.45, 2.75) is 54.5 Å². The van der Waals surface area contributed by atoms with Crippen LogP contribution in [0.3, 0.4) is 0 Å². The van der Waals surface area contributed by atoms with Crippen molar-refractivity contribution < 1.29 is 26.9 Å². The molecule has 1 amide bonds. The summed E-state index contributed by atoms with van der Waals surface area (Å²) in [6, 6.07) is 14.7. The Morgan fingerprint density at radius 1 is 1.10 bits per heavy atom. The first kappa shape index (κ1) is 21.9. The summed E-state index contributed by atoms with van der Waals surface area (Å²) in [4.78, 5) is 27.0. The van der Waals surface area contributed by atoms with E-state index in [9.17, 15) is 18.0 Å². The number of carbonyl (C=O) groups excluding carboxylic acids is 2. The molecule has 3 atom stereocenters. The number of ether oxygens (including phenoxy) is 1. The zero-order valence-corrected chi connectivity index (χ0v) is 19.0. The van der Waals surface area contributed by atoms with Crippen molar-refractivity contribution in [2.24, 2.45) is 0 Å². The van der Waals surface area contributed by atoms with Gasteiger partial charge in [-0.05, 0) is 38.5 Å². The van der Waals surface area contributed by atoms with Crippen LogP contribution in [0.25, 0.3) is 0 Å². The largest absolute Gasteiger partial charge is 0.459 e. The molecule has 2 aliphatic heterocycles. The summed E-state index contributed by atoms with van der Waals surface area (Å²) in [5.41, 5.74) is 1.76. The van der Waals surface area contributed by atoms with E-state index in [1.54, 1.807) is 12.1 Å². The molecule has 2 fully saturated rings. The Bertz CT molecular complexity index is 1100. The number of aryl methyl sites for hydroxylation is 1. The monoisotopic (exact) mass is 461 g/mol. The number of fused-ring (bicyclic) bond motifs is 1. The van der Waals surface area contributed by atoms with Crippen molar-refractivity contribution in [3.8, 4) is 0 Å². The minimum Gasteiger partial charge on any atom is -0.459 e. The van der Waals surface area contributed by atoms with Crippen LogP contribution in [0.4, 0.5) is 0 Å². The smallest absolute Gasteiger partial charge is 0.330 e. The first-order chi connectivity index (χ1) is 14.6. The van der Waals surface area contributed by atoms with Crippen LogP contribution in [0.1, 0.15) is 25.0 Å². The molecule has 0 radical (unpaired) electrons. The summed E-state index contributed by atoms with van der Waals surface area (Å²) >= 11 is 1.34. The number of hydrogen-bond acceptors (Lipinski definition) is 7. The van der Waals surface area contributed by atoms with Crippen molar-refractivity contribution >= 4 is 33.8 Å². The highest BCUT2D eigenvalue weighted by atomic mass is 32.2. The van der Waals surface area contributed by atoms with E-state index < -0.39 is 44.3 Å². The average molecular weight is 462 g/mol. The van der Waals surface area contributed by atoms with E-state index in [1.807, 2.05) is 51.1 Å². The Kier molecular flexibility index (Phi) is 5.61. The van der Waals surface area contributed by atoms with Crippen LogP contribution in [0, 0.1) is 6.92 Å². The maximum atomic E-state index is 12.8. The van der Waals surface area contributed by atoms with E-state index in [1.165, 1.54) is 28.8 Å². The van der Waals surface area contributed by atoms with Gasteiger partial charge in [-0.2, -0.15) is 8.42 Å². The van der Waals surface area contributed by atoms with Crippen LogP contribution >= 0.6 is 11.8 Å². The van der Waals surface area contributed by atoms with Gasteiger partial charge in [-0.25, -0.2) is 8.98 Å². The third kappa shape index (κ3) is 4.09. The quantitative estimate of drug-likeness (QED) is 0.371. The van der Waals surface area contributed by atoms with Gasteiger partial charge in [0.05, 0.1) is 4.90 Å². The number of hydrogen-bond donors (Lipinski definition) is 0. The molecule has 0 bridgehead atoms. The third-order valence-electron chi connectivity index (χ3n) is 5.38. The summed E-state index contributed by atoms with van der Waals surface area (Å²) in [6.07, 6.45) is -1.16. The second-order valence-corrected chi connectivity index (χ2v) is 11.5. The van der Waals surface area contributed by atoms with E-state index in [0.29, 0.717) is 0 Å². The molecule has 0 spiro atoms. The van der Waals surface area contributed by atoms with Crippen LogP contribution < -0.4 is 0 Å². The highest BCUT2D eigenvalue weighted by molar-refractivity contribution is 8.01. The number of benzene rings is 2. The number of thioether (sulfide) groups is 1. The fourth-order valence-electron chi connectivity index (χ4n) is 3.75. The zero-order valence-electron chi connectivity index (χ0n) is 17.3. The maximum Gasteiger partial charge on any atom is 0.330 e. The second kappa shape index (κ2) is 7.96. The average Bonchev–Trinajstić information content (AvgIpc) is 2.99. The summed E-state index contributed by atoms with van der Waals surface area (Å²) in [6.45, 7) is 5.62. The van der Waals surface area contributed by atoms with E-state index in [4.69, 9.17) is 8.92 Å². The molecule has 31 heavy (non-hydrogen) atoms. The van der Waals surface area contributed by atoms with Gasteiger partial charge in [0.15, 0.2) is 6.10 Å². The Morgan fingerprint density at radius 3 is 2.39 bits per heavy atom. The number of rotatable bonds is 6. The van der Waals surface area contributed by atoms with E-state index in [-0.39, 0.29) is 11.5 Å². The number of amides is 1. The normalized spacial score (nSPS) is 24.4. The predicted octanol–water partition coefficient (Wildman–Crippen LogP) is 2.87. The van der Waals surface area contributed by atoms with E-state index in [2.05, 4.69) is 0 Å². The molecule has 0 aliphatic carbocycles. The fraction of sp³-hybridized carbons (Fsp3) is 0.364. The lowest BCUT2D eigenvalue weighted by Gasteiger charge is -2.42. The first-order valence-corrected chi connectivity index (χ1v) is 12.1. The predicted molar refractivity (Wildman–Crippen MR) is 116 cm³/mol. The molecule has 2 saturated heterocycles. The highest BCUT2D eigenvalue weighted by Crippen LogP contribution is 2.52. The Morgan fingerprint density at radius 2 is 1.74 bits per heavy atom. The maximum absolute atomic E-state index is 12.8. The first-order valence-electron chi connectivity index (χ1n) is 9.81. The van der Waals surface area contributed by atoms with Gasteiger partial charge >= 0.3 is 5.97 Å². The van der Waals surface area contributed by atoms with Crippen molar-refractivity contribution in [1.82, 2.24) is 4.90 Å². The Balaban J connectivity index is 1.47. The molecule has 164 valence electrons. The molecule has 7 nitrogen and oxygen atoms in total. The van der Waals surface area contributed by atoms with Gasteiger partial charge in [-0.15, -0.1) is 11.8 Å². The van der Waals surface area contributed by atoms with Gasteiger partial charge < -0.3 is 9.64 Å². The second-order valence-electron chi connectivity index (χ2n) is 8.14. The van der Waals surface area contributed by atoms with Crippen LogP contribution in [0.5, 0.6) is 0 Å². The Labute approximate surface area is 185 Å². The zero-order chi connectivity index (χ0) is 22.4. The molecule has 9 heteroatoms. The van der Waals surface area contributed by atoms with Gasteiger partial charge in [-0.1, -0.05) is 48.0 Å². The molecule has 0 unspecified atom stereocenters. The standard InChI is InChI=1S/C22H23NO6S2/c1-14-9-11-16(12-10-14)31(26,27)29-17-19(24)23-18(22(2,3)30-20(17)23)21(25)28-13-15-7-5-4-6-8-15/h4-12,17-18,20H,13H2,1-3H3/t17-,18+,20-/m1/s1. The van der Waals surface area contributed by atoms with E-state index >= 15 is 0 Å². The van der Waals surface area contributed by atoms with Crippen molar-refractivity contribution in [3.63, 3.8) is 0 Å². The molecule has 4 rings (SSSR count). The number of esters is 1. The molecule has 0 saturated carbocycles. The summed E-state index contributed by atoms with van der Waals surface area (Å²) in [5.74, 6) is -1.04. The summed E-state index contributed by atoms with van der Waals surface area (Å²) in [5, 5.41) is -0.572. The van der Waals surface area contributed by atoms with Gasteiger partial charge in [0.2, 0.25) is 0 Å². The van der Waals surface area contributed by atoms with Crippen LogP contribution in [-0.4, -0.2) is 47.5 Å². The molecule has 2 aromatic rings. The molecular weight excluding hydrogens is 438 g/mol. The van der Waals surface area contributed by atoms with Crippen LogP contribution in [0.2, 0.25) is 0 Å². The lowest BCUT2D eigenvalue weighted by Crippen LogP contribution is -2.66. The Hall–Kier alpha value is -2.36. The lowest BCUT2D eigenvalue weighted by molar-refractivity contribution is -0.170. The van der Waals surface area contributed by atoms with Gasteiger partial charge in [0.25, 0.3) is 16.0 Å².